The topological polar surface area (TPSA) is 8.17 Å². The molecule has 1 unspecified atom stereocenters. The van der Waals surface area contributed by atoms with Gasteiger partial charge in [0.1, 0.15) is 0 Å². The molecule has 0 aliphatic heterocycles. The van der Waals surface area contributed by atoms with Gasteiger partial charge in [-0.2, -0.15) is 0 Å². The maximum atomic E-state index is 2.57. The summed E-state index contributed by atoms with van der Waals surface area (Å²) in [7, 11) is 0. The van der Waals surface area contributed by atoms with Crippen molar-refractivity contribution in [3.05, 3.63) is 281 Å². The van der Waals surface area contributed by atoms with Crippen molar-refractivity contribution < 1.29 is 0 Å². The molecule has 0 amide bonds. The second-order valence-corrected chi connectivity index (χ2v) is 19.5. The molecular weight excluding hydrogens is 809 g/mol. The summed E-state index contributed by atoms with van der Waals surface area (Å²) in [5.41, 5.74) is 20.7. The highest BCUT2D eigenvalue weighted by molar-refractivity contribution is 6.11. The summed E-state index contributed by atoms with van der Waals surface area (Å²) in [5.74, 6) is 0. The van der Waals surface area contributed by atoms with Crippen LogP contribution in [-0.2, 0) is 16.2 Å². The van der Waals surface area contributed by atoms with Crippen LogP contribution < -0.4 is 4.90 Å². The van der Waals surface area contributed by atoms with Crippen molar-refractivity contribution in [1.82, 2.24) is 4.57 Å². The van der Waals surface area contributed by atoms with Crippen molar-refractivity contribution >= 4 is 44.4 Å². The van der Waals surface area contributed by atoms with Gasteiger partial charge in [0.05, 0.1) is 22.1 Å². The van der Waals surface area contributed by atoms with Crippen LogP contribution in [0.4, 0.5) is 17.1 Å². The van der Waals surface area contributed by atoms with Crippen LogP contribution in [0.2, 0.25) is 0 Å². The average Bonchev–Trinajstić information content (AvgIpc) is 3.96. The van der Waals surface area contributed by atoms with E-state index in [1.54, 1.807) is 0 Å². The highest BCUT2D eigenvalue weighted by Crippen LogP contribution is 2.60. The Morgan fingerprint density at radius 1 is 0.448 bits per heavy atom. The highest BCUT2D eigenvalue weighted by atomic mass is 15.1. The Morgan fingerprint density at radius 2 is 1.01 bits per heavy atom. The zero-order valence-electron chi connectivity index (χ0n) is 38.1. The molecule has 0 bridgehead atoms. The van der Waals surface area contributed by atoms with Gasteiger partial charge in [0.15, 0.2) is 0 Å². The van der Waals surface area contributed by atoms with Gasteiger partial charge < -0.3 is 9.47 Å². The molecule has 3 aliphatic carbocycles. The van der Waals surface area contributed by atoms with Crippen molar-refractivity contribution in [2.24, 2.45) is 0 Å². The molecule has 2 heteroatoms. The number of anilines is 3. The van der Waals surface area contributed by atoms with Crippen LogP contribution >= 0.6 is 0 Å². The lowest BCUT2D eigenvalue weighted by Gasteiger charge is -2.35. The number of allylic oxidation sites excluding steroid dienone is 4. The summed E-state index contributed by atoms with van der Waals surface area (Å²) in [6, 6.07) is 83.6. The molecule has 0 N–H and O–H groups in total. The number of nitrogens with zero attached hydrogens (tertiary/aromatic N) is 2. The molecule has 0 saturated carbocycles. The summed E-state index contributed by atoms with van der Waals surface area (Å²) < 4.78 is 2.44. The molecule has 2 nitrogen and oxygen atoms in total. The predicted octanol–water partition coefficient (Wildman–Crippen LogP) is 16.6. The predicted molar refractivity (Wildman–Crippen MR) is 280 cm³/mol. The largest absolute Gasteiger partial charge is 0.310 e. The number of aromatic nitrogens is 1. The van der Waals surface area contributed by atoms with Crippen LogP contribution in [-0.4, -0.2) is 4.57 Å². The van der Waals surface area contributed by atoms with Crippen LogP contribution in [0.25, 0.3) is 44.2 Å². The number of benzene rings is 9. The van der Waals surface area contributed by atoms with Crippen molar-refractivity contribution in [2.75, 3.05) is 4.90 Å². The first-order chi connectivity index (χ1) is 32.9. The number of fused-ring (bicyclic) bond motifs is 8. The molecule has 0 saturated heterocycles. The van der Waals surface area contributed by atoms with E-state index in [9.17, 15) is 0 Å². The standard InChI is InChI=1S/C65H50N2/c1-63(2)56-32-20-34-60(62(56)54-39-40-64(3,43-58(54)63)44-21-8-4-9-22-44)66(49-36-38-53-52-30-17-19-33-59(52)67(61(53)42-49)47-27-14-7-15-28-47)48-35-37-51-50-29-16-18-31-55(50)65(57(51)41-48,45-23-10-5-11-24-45)46-25-12-6-13-26-46/h4-42H,43H2,1-3H3. The van der Waals surface area contributed by atoms with E-state index < -0.39 is 5.41 Å². The maximum absolute atomic E-state index is 2.57. The summed E-state index contributed by atoms with van der Waals surface area (Å²) >= 11 is 0. The second kappa shape index (κ2) is 14.8. The Kier molecular flexibility index (Phi) is 8.70. The first kappa shape index (κ1) is 39.4. The molecular formula is C65H50N2. The summed E-state index contributed by atoms with van der Waals surface area (Å²) in [5, 5.41) is 2.48. The SMILES string of the molecule is CC1(c2ccccc2)C=CC2=C(C1)C(C)(C)c1cccc(N(c3ccc4c(c3)C(c3ccccc3)(c3ccccc3)c3ccccc3-4)c3ccc4c5ccccc5n(-c5ccccc5)c4c3)c12. The van der Waals surface area contributed by atoms with E-state index >= 15 is 0 Å². The lowest BCUT2D eigenvalue weighted by Crippen LogP contribution is -2.28. The van der Waals surface area contributed by atoms with E-state index in [2.05, 4.69) is 267 Å². The smallest absolute Gasteiger partial charge is 0.0714 e. The van der Waals surface area contributed by atoms with Gasteiger partial charge in [0.25, 0.3) is 0 Å². The van der Waals surface area contributed by atoms with E-state index in [0.29, 0.717) is 0 Å². The number of hydrogen-bond acceptors (Lipinski definition) is 1. The van der Waals surface area contributed by atoms with Crippen LogP contribution in [0.15, 0.2) is 242 Å². The van der Waals surface area contributed by atoms with Crippen molar-refractivity contribution in [1.29, 1.82) is 0 Å². The van der Waals surface area contributed by atoms with Gasteiger partial charge in [-0.15, -0.1) is 0 Å². The minimum absolute atomic E-state index is 0.109. The van der Waals surface area contributed by atoms with Gasteiger partial charge in [-0.05, 0) is 105 Å². The molecule has 1 atom stereocenters. The second-order valence-electron chi connectivity index (χ2n) is 19.5. The van der Waals surface area contributed by atoms with Gasteiger partial charge in [-0.1, -0.05) is 214 Å². The molecule has 0 radical (unpaired) electrons. The Bertz CT molecular complexity index is 3590. The van der Waals surface area contributed by atoms with E-state index in [1.807, 2.05) is 0 Å². The van der Waals surface area contributed by atoms with Gasteiger partial charge in [0.2, 0.25) is 0 Å². The molecule has 13 rings (SSSR count). The fraction of sp³-hybridized carbons (Fsp3) is 0.108. The van der Waals surface area contributed by atoms with Crippen LogP contribution in [0.1, 0.15) is 66.1 Å². The monoisotopic (exact) mass is 858 g/mol. The molecule has 1 heterocycles. The van der Waals surface area contributed by atoms with E-state index in [0.717, 1.165) is 23.5 Å². The minimum atomic E-state index is -0.538. The molecule has 3 aliphatic rings. The molecule has 320 valence electrons. The lowest BCUT2D eigenvalue weighted by atomic mass is 9.67. The Morgan fingerprint density at radius 3 is 1.75 bits per heavy atom. The van der Waals surface area contributed by atoms with Crippen molar-refractivity contribution in [3.63, 3.8) is 0 Å². The number of hydrogen-bond donors (Lipinski definition) is 0. The average molecular weight is 859 g/mol. The minimum Gasteiger partial charge on any atom is -0.310 e. The molecule has 0 spiro atoms. The first-order valence-electron chi connectivity index (χ1n) is 23.7. The van der Waals surface area contributed by atoms with Gasteiger partial charge in [-0.3, -0.25) is 0 Å². The molecule has 0 fully saturated rings. The zero-order chi connectivity index (χ0) is 44.9. The Labute approximate surface area is 393 Å². The highest BCUT2D eigenvalue weighted by Gasteiger charge is 2.47. The van der Waals surface area contributed by atoms with Gasteiger partial charge in [0, 0.05) is 44.2 Å². The third kappa shape index (κ3) is 5.69. The Balaban J connectivity index is 1.10. The van der Waals surface area contributed by atoms with Crippen molar-refractivity contribution in [3.8, 4) is 16.8 Å². The maximum Gasteiger partial charge on any atom is 0.0714 e. The van der Waals surface area contributed by atoms with Crippen LogP contribution in [0.5, 0.6) is 0 Å². The van der Waals surface area contributed by atoms with E-state index in [-0.39, 0.29) is 10.8 Å². The normalized spacial score (nSPS) is 17.3. The fourth-order valence-electron chi connectivity index (χ4n) is 12.3. The molecule has 67 heavy (non-hydrogen) atoms. The third-order valence-corrected chi connectivity index (χ3v) is 15.5. The van der Waals surface area contributed by atoms with Crippen LogP contribution in [0.3, 0.4) is 0 Å². The number of para-hydroxylation sites is 2. The molecule has 9 aromatic carbocycles. The zero-order valence-corrected chi connectivity index (χ0v) is 38.1. The third-order valence-electron chi connectivity index (χ3n) is 15.5. The van der Waals surface area contributed by atoms with Gasteiger partial charge >= 0.3 is 0 Å². The van der Waals surface area contributed by atoms with Gasteiger partial charge in [-0.25, -0.2) is 0 Å². The molecule has 10 aromatic rings. The lowest BCUT2D eigenvalue weighted by molar-refractivity contribution is 0.513. The first-order valence-corrected chi connectivity index (χ1v) is 23.7. The van der Waals surface area contributed by atoms with E-state index in [1.165, 1.54) is 88.7 Å². The Hall–Kier alpha value is -7.94. The summed E-state index contributed by atoms with van der Waals surface area (Å²) in [6.45, 7) is 7.29. The summed E-state index contributed by atoms with van der Waals surface area (Å²) in [4.78, 5) is 2.57. The summed E-state index contributed by atoms with van der Waals surface area (Å²) in [6.07, 6.45) is 5.88. The quantitative estimate of drug-likeness (QED) is 0.155. The fourth-order valence-corrected chi connectivity index (χ4v) is 12.3. The molecule has 1 aromatic heterocycles. The number of rotatable bonds is 7. The van der Waals surface area contributed by atoms with E-state index in [4.69, 9.17) is 0 Å². The van der Waals surface area contributed by atoms with Crippen LogP contribution in [0, 0.1) is 0 Å². The van der Waals surface area contributed by atoms with Crippen molar-refractivity contribution in [2.45, 2.75) is 43.4 Å².